The fourth-order valence-electron chi connectivity index (χ4n) is 1.64. The van der Waals surface area contributed by atoms with E-state index in [0.717, 1.165) is 18.6 Å². The van der Waals surface area contributed by atoms with E-state index in [9.17, 15) is 0 Å². The Kier molecular flexibility index (Phi) is 2.00. The zero-order valence-corrected chi connectivity index (χ0v) is 7.79. The lowest BCUT2D eigenvalue weighted by Crippen LogP contribution is -2.39. The molecule has 1 aromatic carbocycles. The van der Waals surface area contributed by atoms with Crippen molar-refractivity contribution in [2.45, 2.75) is 25.4 Å². The molecule has 2 heteroatoms. The summed E-state index contributed by atoms with van der Waals surface area (Å²) in [6.07, 6.45) is 1.88. The third kappa shape index (κ3) is 1.54. The summed E-state index contributed by atoms with van der Waals surface area (Å²) in [6.45, 7) is 2.03. The Morgan fingerprint density at radius 2 is 2.23 bits per heavy atom. The van der Waals surface area contributed by atoms with Crippen molar-refractivity contribution >= 4 is 0 Å². The van der Waals surface area contributed by atoms with Crippen molar-refractivity contribution in [1.82, 2.24) is 0 Å². The molecule has 1 aliphatic heterocycles. The van der Waals surface area contributed by atoms with Crippen molar-refractivity contribution in [2.24, 2.45) is 0 Å². The summed E-state index contributed by atoms with van der Waals surface area (Å²) in [5.74, 6) is 0.922. The van der Waals surface area contributed by atoms with Gasteiger partial charge < -0.3 is 9.84 Å². The van der Waals surface area contributed by atoms with Crippen LogP contribution in [0, 0.1) is 0 Å². The quantitative estimate of drug-likeness (QED) is 0.710. The van der Waals surface area contributed by atoms with E-state index in [1.54, 1.807) is 0 Å². The molecule has 1 N–H and O–H groups in total. The van der Waals surface area contributed by atoms with Crippen LogP contribution in [0.2, 0.25) is 0 Å². The average molecular weight is 178 g/mol. The molecule has 0 saturated heterocycles. The van der Waals surface area contributed by atoms with Crippen LogP contribution in [0.5, 0.6) is 5.75 Å². The maximum absolute atomic E-state index is 9.15. The molecule has 0 amide bonds. The first-order valence-electron chi connectivity index (χ1n) is 4.61. The summed E-state index contributed by atoms with van der Waals surface area (Å²) >= 11 is 0. The zero-order valence-electron chi connectivity index (χ0n) is 7.79. The Balaban J connectivity index is 2.29. The molecule has 0 saturated carbocycles. The van der Waals surface area contributed by atoms with Crippen LogP contribution in [0.1, 0.15) is 18.9 Å². The predicted octanol–water partition coefficient (Wildman–Crippen LogP) is 1.76. The summed E-state index contributed by atoms with van der Waals surface area (Å²) in [6, 6.07) is 8.01. The van der Waals surface area contributed by atoms with Gasteiger partial charge in [-0.3, -0.25) is 0 Å². The number of aryl methyl sites for hydroxylation is 1. The van der Waals surface area contributed by atoms with Crippen LogP contribution in [-0.2, 0) is 6.42 Å². The SMILES string of the molecule is C[C@@]1(CO)CCc2ccccc2O1. The van der Waals surface area contributed by atoms with Gasteiger partial charge in [0, 0.05) is 0 Å². The lowest BCUT2D eigenvalue weighted by molar-refractivity contribution is 0.00809. The van der Waals surface area contributed by atoms with Crippen LogP contribution in [0.25, 0.3) is 0 Å². The molecule has 0 unspecified atom stereocenters. The lowest BCUT2D eigenvalue weighted by Gasteiger charge is -2.34. The van der Waals surface area contributed by atoms with E-state index in [1.807, 2.05) is 25.1 Å². The number of benzene rings is 1. The fraction of sp³-hybridized carbons (Fsp3) is 0.455. The van der Waals surface area contributed by atoms with E-state index >= 15 is 0 Å². The van der Waals surface area contributed by atoms with Crippen LogP contribution in [0.3, 0.4) is 0 Å². The van der Waals surface area contributed by atoms with Crippen LogP contribution in [0.4, 0.5) is 0 Å². The third-order valence-corrected chi connectivity index (χ3v) is 2.59. The van der Waals surface area contributed by atoms with Crippen LogP contribution in [0.15, 0.2) is 24.3 Å². The second kappa shape index (κ2) is 3.04. The average Bonchev–Trinajstić information content (AvgIpc) is 2.18. The maximum atomic E-state index is 9.15. The Labute approximate surface area is 78.2 Å². The normalized spacial score (nSPS) is 26.3. The number of aliphatic hydroxyl groups is 1. The van der Waals surface area contributed by atoms with E-state index in [1.165, 1.54) is 5.56 Å². The van der Waals surface area contributed by atoms with Crippen molar-refractivity contribution in [3.05, 3.63) is 29.8 Å². The van der Waals surface area contributed by atoms with Gasteiger partial charge in [-0.2, -0.15) is 0 Å². The van der Waals surface area contributed by atoms with Gasteiger partial charge in [-0.15, -0.1) is 0 Å². The zero-order chi connectivity index (χ0) is 9.31. The summed E-state index contributed by atoms with van der Waals surface area (Å²) in [4.78, 5) is 0. The highest BCUT2D eigenvalue weighted by Crippen LogP contribution is 2.32. The minimum Gasteiger partial charge on any atom is -0.485 e. The molecule has 0 radical (unpaired) electrons. The minimum absolute atomic E-state index is 0.0847. The Hall–Kier alpha value is -1.02. The Morgan fingerprint density at radius 1 is 1.46 bits per heavy atom. The largest absolute Gasteiger partial charge is 0.485 e. The number of rotatable bonds is 1. The van der Waals surface area contributed by atoms with Crippen molar-refractivity contribution in [1.29, 1.82) is 0 Å². The van der Waals surface area contributed by atoms with Crippen molar-refractivity contribution in [3.8, 4) is 5.75 Å². The molecule has 13 heavy (non-hydrogen) atoms. The summed E-state index contributed by atoms with van der Waals surface area (Å²) in [5, 5.41) is 9.15. The van der Waals surface area contributed by atoms with Gasteiger partial charge in [0.2, 0.25) is 0 Å². The molecule has 1 aromatic rings. The van der Waals surface area contributed by atoms with Gasteiger partial charge in [0.1, 0.15) is 11.4 Å². The van der Waals surface area contributed by atoms with Gasteiger partial charge in [0.15, 0.2) is 0 Å². The van der Waals surface area contributed by atoms with Gasteiger partial charge in [0.25, 0.3) is 0 Å². The van der Waals surface area contributed by atoms with E-state index in [0.29, 0.717) is 0 Å². The minimum atomic E-state index is -0.381. The topological polar surface area (TPSA) is 29.5 Å². The first kappa shape index (κ1) is 8.57. The summed E-state index contributed by atoms with van der Waals surface area (Å²) < 4.78 is 5.72. The molecule has 0 aromatic heterocycles. The molecule has 0 bridgehead atoms. The highest BCUT2D eigenvalue weighted by atomic mass is 16.5. The fourth-order valence-corrected chi connectivity index (χ4v) is 1.64. The molecule has 1 heterocycles. The number of hydrogen-bond donors (Lipinski definition) is 1. The monoisotopic (exact) mass is 178 g/mol. The molecule has 0 spiro atoms. The van der Waals surface area contributed by atoms with Gasteiger partial charge in [-0.25, -0.2) is 0 Å². The van der Waals surface area contributed by atoms with Crippen molar-refractivity contribution < 1.29 is 9.84 Å². The molecular formula is C11H14O2. The highest BCUT2D eigenvalue weighted by Gasteiger charge is 2.30. The molecule has 0 aliphatic carbocycles. The van der Waals surface area contributed by atoms with Gasteiger partial charge in [-0.05, 0) is 31.4 Å². The lowest BCUT2D eigenvalue weighted by atomic mass is 9.93. The first-order valence-corrected chi connectivity index (χ1v) is 4.61. The van der Waals surface area contributed by atoms with Crippen molar-refractivity contribution in [3.63, 3.8) is 0 Å². The van der Waals surface area contributed by atoms with E-state index in [-0.39, 0.29) is 12.2 Å². The number of aliphatic hydroxyl groups excluding tert-OH is 1. The summed E-state index contributed by atoms with van der Waals surface area (Å²) in [5.41, 5.74) is 0.863. The molecule has 1 aliphatic rings. The number of para-hydroxylation sites is 1. The van der Waals surface area contributed by atoms with Gasteiger partial charge >= 0.3 is 0 Å². The molecule has 0 fully saturated rings. The molecule has 2 rings (SSSR count). The molecule has 1 atom stereocenters. The molecular weight excluding hydrogens is 164 g/mol. The van der Waals surface area contributed by atoms with E-state index in [4.69, 9.17) is 9.84 Å². The standard InChI is InChI=1S/C11H14O2/c1-11(8-12)7-6-9-4-2-3-5-10(9)13-11/h2-5,12H,6-8H2,1H3/t11-/m0/s1. The number of hydrogen-bond acceptors (Lipinski definition) is 2. The summed E-state index contributed by atoms with van der Waals surface area (Å²) in [7, 11) is 0. The number of fused-ring (bicyclic) bond motifs is 1. The highest BCUT2D eigenvalue weighted by molar-refractivity contribution is 5.35. The van der Waals surface area contributed by atoms with E-state index in [2.05, 4.69) is 6.07 Å². The van der Waals surface area contributed by atoms with Crippen LogP contribution in [-0.4, -0.2) is 17.3 Å². The maximum Gasteiger partial charge on any atom is 0.129 e. The third-order valence-electron chi connectivity index (χ3n) is 2.59. The first-order chi connectivity index (χ1) is 6.23. The predicted molar refractivity (Wildman–Crippen MR) is 50.9 cm³/mol. The second-order valence-electron chi connectivity index (χ2n) is 3.82. The van der Waals surface area contributed by atoms with Crippen LogP contribution >= 0.6 is 0 Å². The van der Waals surface area contributed by atoms with E-state index < -0.39 is 0 Å². The van der Waals surface area contributed by atoms with Gasteiger partial charge in [-0.1, -0.05) is 18.2 Å². The Bertz CT molecular complexity index is 309. The smallest absolute Gasteiger partial charge is 0.129 e. The second-order valence-corrected chi connectivity index (χ2v) is 3.82. The van der Waals surface area contributed by atoms with Gasteiger partial charge in [0.05, 0.1) is 6.61 Å². The molecule has 70 valence electrons. The van der Waals surface area contributed by atoms with Crippen LogP contribution < -0.4 is 4.74 Å². The van der Waals surface area contributed by atoms with Crippen molar-refractivity contribution in [2.75, 3.05) is 6.61 Å². The number of ether oxygens (including phenoxy) is 1. The Morgan fingerprint density at radius 3 is 3.00 bits per heavy atom. The molecule has 2 nitrogen and oxygen atoms in total.